The molecule has 0 aliphatic rings. The van der Waals surface area contributed by atoms with Crippen LogP contribution < -0.4 is 10.1 Å². The monoisotopic (exact) mass is 293 g/mol. The summed E-state index contributed by atoms with van der Waals surface area (Å²) in [5, 5.41) is 3.30. The van der Waals surface area contributed by atoms with Crippen molar-refractivity contribution in [3.63, 3.8) is 0 Å². The second-order valence-corrected chi connectivity index (χ2v) is 4.66. The Kier molecular flexibility index (Phi) is 10.4. The number of allylic oxidation sites excluding steroid dienone is 1. The van der Waals surface area contributed by atoms with Crippen molar-refractivity contribution in [2.45, 2.75) is 12.8 Å². The molecule has 0 atom stereocenters. The van der Waals surface area contributed by atoms with Gasteiger partial charge < -0.3 is 19.5 Å². The van der Waals surface area contributed by atoms with Crippen molar-refractivity contribution < 1.29 is 14.2 Å². The van der Waals surface area contributed by atoms with E-state index in [1.54, 1.807) is 7.11 Å². The van der Waals surface area contributed by atoms with Crippen molar-refractivity contribution in [3.8, 4) is 5.75 Å². The van der Waals surface area contributed by atoms with E-state index in [9.17, 15) is 0 Å². The molecule has 0 radical (unpaired) electrons. The van der Waals surface area contributed by atoms with E-state index in [0.29, 0.717) is 19.8 Å². The molecule has 1 N–H and O–H groups in total. The van der Waals surface area contributed by atoms with Gasteiger partial charge in [-0.3, -0.25) is 0 Å². The Morgan fingerprint density at radius 1 is 1.10 bits per heavy atom. The Hall–Kier alpha value is -1.36. The molecule has 0 aromatic heterocycles. The molecule has 0 aliphatic heterocycles. The zero-order valence-electron chi connectivity index (χ0n) is 13.0. The zero-order chi connectivity index (χ0) is 15.2. The smallest absolute Gasteiger partial charge is 0.122 e. The number of methoxy groups -OCH3 is 1. The van der Waals surface area contributed by atoms with Gasteiger partial charge in [-0.2, -0.15) is 0 Å². The molecule has 0 aliphatic carbocycles. The second-order valence-electron chi connectivity index (χ2n) is 4.66. The van der Waals surface area contributed by atoms with Gasteiger partial charge in [-0.1, -0.05) is 24.3 Å². The first kappa shape index (κ1) is 17.7. The van der Waals surface area contributed by atoms with Gasteiger partial charge in [-0.15, -0.1) is 6.58 Å². The zero-order valence-corrected chi connectivity index (χ0v) is 13.0. The van der Waals surface area contributed by atoms with Crippen LogP contribution in [0.15, 0.2) is 36.9 Å². The number of benzene rings is 1. The van der Waals surface area contributed by atoms with Crippen molar-refractivity contribution in [2.24, 2.45) is 0 Å². The van der Waals surface area contributed by atoms with Crippen LogP contribution in [0.2, 0.25) is 0 Å². The number of ether oxygens (including phenoxy) is 3. The third kappa shape index (κ3) is 8.50. The molecule has 1 rings (SSSR count). The van der Waals surface area contributed by atoms with Gasteiger partial charge in [0.05, 0.1) is 13.2 Å². The van der Waals surface area contributed by atoms with Gasteiger partial charge in [0.15, 0.2) is 0 Å². The molecule has 4 nitrogen and oxygen atoms in total. The van der Waals surface area contributed by atoms with Crippen LogP contribution in [0.5, 0.6) is 5.75 Å². The Labute approximate surface area is 128 Å². The molecule has 4 heteroatoms. The Balaban J connectivity index is 2.03. The third-order valence-electron chi connectivity index (χ3n) is 2.95. The summed E-state index contributed by atoms with van der Waals surface area (Å²) in [6, 6.07) is 8.03. The molecule has 0 saturated heterocycles. The first-order valence-electron chi connectivity index (χ1n) is 7.47. The predicted octanol–water partition coefficient (Wildman–Crippen LogP) is 2.44. The summed E-state index contributed by atoms with van der Waals surface area (Å²) in [6.07, 6.45) is 3.73. The molecule has 0 bridgehead atoms. The summed E-state index contributed by atoms with van der Waals surface area (Å²) in [6.45, 7) is 8.24. The number of rotatable bonds is 13. The molecule has 1 aromatic carbocycles. The van der Waals surface area contributed by atoms with Crippen molar-refractivity contribution in [1.82, 2.24) is 5.32 Å². The molecule has 21 heavy (non-hydrogen) atoms. The minimum atomic E-state index is 0.567. The highest BCUT2D eigenvalue weighted by atomic mass is 16.5. The molecular formula is C17H27NO3. The average molecular weight is 293 g/mol. The lowest BCUT2D eigenvalue weighted by Crippen LogP contribution is -2.22. The summed E-state index contributed by atoms with van der Waals surface area (Å²) in [5.74, 6) is 0.915. The lowest BCUT2D eigenvalue weighted by atomic mass is 10.1. The van der Waals surface area contributed by atoms with Crippen molar-refractivity contribution in [3.05, 3.63) is 42.5 Å². The maximum absolute atomic E-state index is 5.74. The average Bonchev–Trinajstić information content (AvgIpc) is 2.51. The molecule has 0 spiro atoms. The topological polar surface area (TPSA) is 39.7 Å². The Morgan fingerprint density at radius 3 is 2.76 bits per heavy atom. The van der Waals surface area contributed by atoms with Gasteiger partial charge in [0.25, 0.3) is 0 Å². The lowest BCUT2D eigenvalue weighted by Gasteiger charge is -2.11. The van der Waals surface area contributed by atoms with Gasteiger partial charge in [0.1, 0.15) is 12.4 Å². The van der Waals surface area contributed by atoms with E-state index < -0.39 is 0 Å². The molecule has 118 valence electrons. The van der Waals surface area contributed by atoms with Crippen LogP contribution in [0.1, 0.15) is 12.0 Å². The molecule has 0 heterocycles. The maximum Gasteiger partial charge on any atom is 0.122 e. The standard InChI is InChI=1S/C17H27NO3/c1-3-7-16-8-4-5-9-17(16)21-15-14-20-13-11-18-10-6-12-19-2/h3-5,8-9,18H,1,6-7,10-15H2,2H3. The van der Waals surface area contributed by atoms with Crippen LogP contribution >= 0.6 is 0 Å². The predicted molar refractivity (Wildman–Crippen MR) is 86.0 cm³/mol. The molecule has 0 saturated carbocycles. The van der Waals surface area contributed by atoms with Crippen LogP contribution in [0.4, 0.5) is 0 Å². The summed E-state index contributed by atoms with van der Waals surface area (Å²) < 4.78 is 16.2. The lowest BCUT2D eigenvalue weighted by molar-refractivity contribution is 0.101. The number of hydrogen-bond acceptors (Lipinski definition) is 4. The van der Waals surface area contributed by atoms with Crippen LogP contribution in [-0.2, 0) is 15.9 Å². The van der Waals surface area contributed by atoms with Crippen LogP contribution in [-0.4, -0.2) is 46.6 Å². The summed E-state index contributed by atoms with van der Waals surface area (Å²) >= 11 is 0. The number of hydrogen-bond donors (Lipinski definition) is 1. The van der Waals surface area contributed by atoms with E-state index in [1.807, 2.05) is 24.3 Å². The van der Waals surface area contributed by atoms with Gasteiger partial charge in [-0.25, -0.2) is 0 Å². The summed E-state index contributed by atoms with van der Waals surface area (Å²) in [5.41, 5.74) is 1.16. The maximum atomic E-state index is 5.74. The SMILES string of the molecule is C=CCc1ccccc1OCCOCCNCCCOC. The van der Waals surface area contributed by atoms with Crippen molar-refractivity contribution >= 4 is 0 Å². The third-order valence-corrected chi connectivity index (χ3v) is 2.95. The highest BCUT2D eigenvalue weighted by Gasteiger charge is 2.00. The van der Waals surface area contributed by atoms with Crippen molar-refractivity contribution in [2.75, 3.05) is 46.6 Å². The van der Waals surface area contributed by atoms with E-state index in [0.717, 1.165) is 43.9 Å². The first-order chi connectivity index (χ1) is 10.4. The minimum absolute atomic E-state index is 0.567. The fraction of sp³-hybridized carbons (Fsp3) is 0.529. The normalized spacial score (nSPS) is 10.5. The van der Waals surface area contributed by atoms with Crippen LogP contribution in [0.25, 0.3) is 0 Å². The second kappa shape index (κ2) is 12.4. The largest absolute Gasteiger partial charge is 0.491 e. The van der Waals surface area contributed by atoms with Gasteiger partial charge in [-0.05, 0) is 31.0 Å². The highest BCUT2D eigenvalue weighted by molar-refractivity contribution is 5.34. The minimum Gasteiger partial charge on any atom is -0.491 e. The van der Waals surface area contributed by atoms with E-state index in [4.69, 9.17) is 14.2 Å². The highest BCUT2D eigenvalue weighted by Crippen LogP contribution is 2.18. The van der Waals surface area contributed by atoms with E-state index in [-0.39, 0.29) is 0 Å². The molecule has 0 unspecified atom stereocenters. The first-order valence-corrected chi connectivity index (χ1v) is 7.47. The van der Waals surface area contributed by atoms with Gasteiger partial charge in [0, 0.05) is 20.3 Å². The fourth-order valence-electron chi connectivity index (χ4n) is 1.89. The molecule has 0 fully saturated rings. The van der Waals surface area contributed by atoms with E-state index >= 15 is 0 Å². The number of para-hydroxylation sites is 1. The van der Waals surface area contributed by atoms with Crippen LogP contribution in [0.3, 0.4) is 0 Å². The Bertz CT molecular complexity index is 382. The Morgan fingerprint density at radius 2 is 1.95 bits per heavy atom. The number of nitrogens with one attached hydrogen (secondary N) is 1. The van der Waals surface area contributed by atoms with E-state index in [1.165, 1.54) is 0 Å². The van der Waals surface area contributed by atoms with Gasteiger partial charge >= 0.3 is 0 Å². The molecular weight excluding hydrogens is 266 g/mol. The molecule has 0 amide bonds. The van der Waals surface area contributed by atoms with Crippen LogP contribution in [0, 0.1) is 0 Å². The van der Waals surface area contributed by atoms with Crippen molar-refractivity contribution in [1.29, 1.82) is 0 Å². The quantitative estimate of drug-likeness (QED) is 0.448. The van der Waals surface area contributed by atoms with Gasteiger partial charge in [0.2, 0.25) is 0 Å². The summed E-state index contributed by atoms with van der Waals surface area (Å²) in [7, 11) is 1.72. The summed E-state index contributed by atoms with van der Waals surface area (Å²) in [4.78, 5) is 0. The molecule has 1 aromatic rings. The fourth-order valence-corrected chi connectivity index (χ4v) is 1.89. The van der Waals surface area contributed by atoms with E-state index in [2.05, 4.69) is 18.0 Å².